The lowest BCUT2D eigenvalue weighted by Gasteiger charge is -2.11. The number of nitrogens with zero attached hydrogens (tertiary/aromatic N) is 2. The fourth-order valence-electron chi connectivity index (χ4n) is 1.50. The van der Waals surface area contributed by atoms with Gasteiger partial charge in [0.15, 0.2) is 0 Å². The smallest absolute Gasteiger partial charge is 0.385 e. The van der Waals surface area contributed by atoms with Gasteiger partial charge in [0.05, 0.1) is 11.3 Å². The van der Waals surface area contributed by atoms with Gasteiger partial charge in [-0.15, -0.1) is 0 Å². The Labute approximate surface area is 99.5 Å². The van der Waals surface area contributed by atoms with Crippen LogP contribution in [-0.4, -0.2) is 9.55 Å². The Morgan fingerprint density at radius 3 is 2.56 bits per heavy atom. The van der Waals surface area contributed by atoms with Crippen molar-refractivity contribution >= 4 is 5.82 Å². The van der Waals surface area contributed by atoms with Crippen LogP contribution in [0.5, 0.6) is 0 Å². The summed E-state index contributed by atoms with van der Waals surface area (Å²) in [6, 6.07) is 5.66. The first-order valence-electron chi connectivity index (χ1n) is 4.91. The minimum Gasteiger partial charge on any atom is -0.385 e. The van der Waals surface area contributed by atoms with Crippen LogP contribution in [0.4, 0.5) is 19.0 Å². The van der Waals surface area contributed by atoms with Gasteiger partial charge in [0.1, 0.15) is 5.82 Å². The molecule has 1 aromatic carbocycles. The van der Waals surface area contributed by atoms with Crippen molar-refractivity contribution < 1.29 is 13.2 Å². The Morgan fingerprint density at radius 2 is 1.94 bits per heavy atom. The number of halogens is 3. The number of benzene rings is 1. The molecule has 0 aliphatic heterocycles. The van der Waals surface area contributed by atoms with Crippen LogP contribution in [0.25, 0.3) is 5.69 Å². The quantitative estimate of drug-likeness (QED) is 0.845. The number of nitrogen functional groups attached to an aromatic ring is 1. The van der Waals surface area contributed by atoms with E-state index in [2.05, 4.69) is 4.98 Å². The van der Waals surface area contributed by atoms with E-state index < -0.39 is 17.4 Å². The van der Waals surface area contributed by atoms with Crippen molar-refractivity contribution in [2.75, 3.05) is 5.73 Å². The molecule has 0 amide bonds. The zero-order chi connectivity index (χ0) is 13.3. The van der Waals surface area contributed by atoms with Crippen molar-refractivity contribution in [3.05, 3.63) is 52.6 Å². The molecule has 0 aliphatic rings. The highest BCUT2D eigenvalue weighted by molar-refractivity contribution is 5.43. The van der Waals surface area contributed by atoms with E-state index in [1.165, 1.54) is 24.4 Å². The first-order valence-corrected chi connectivity index (χ1v) is 4.91. The Balaban J connectivity index is 2.63. The molecule has 0 spiro atoms. The average molecular weight is 255 g/mol. The van der Waals surface area contributed by atoms with E-state index in [1.807, 2.05) is 0 Å². The Morgan fingerprint density at radius 1 is 1.22 bits per heavy atom. The summed E-state index contributed by atoms with van der Waals surface area (Å²) in [5.74, 6) is 0.0225. The van der Waals surface area contributed by atoms with Crippen LogP contribution in [0.2, 0.25) is 0 Å². The maximum atomic E-state index is 12.6. The monoisotopic (exact) mass is 255 g/mol. The summed E-state index contributed by atoms with van der Waals surface area (Å²) in [5.41, 5.74) is 4.00. The van der Waals surface area contributed by atoms with Gasteiger partial charge in [-0.2, -0.15) is 13.2 Å². The van der Waals surface area contributed by atoms with Crippen molar-refractivity contribution in [1.82, 2.24) is 9.55 Å². The predicted molar refractivity (Wildman–Crippen MR) is 59.2 cm³/mol. The third kappa shape index (κ3) is 2.20. The minimum atomic E-state index is -4.48. The maximum Gasteiger partial charge on any atom is 0.416 e. The van der Waals surface area contributed by atoms with E-state index in [0.29, 0.717) is 0 Å². The number of nitrogens with two attached hydrogens (primary N) is 1. The molecular weight excluding hydrogens is 247 g/mol. The van der Waals surface area contributed by atoms with Crippen molar-refractivity contribution in [3.63, 3.8) is 0 Å². The number of aromatic nitrogens is 2. The number of alkyl halides is 3. The van der Waals surface area contributed by atoms with Gasteiger partial charge in [-0.3, -0.25) is 0 Å². The predicted octanol–water partition coefficient (Wildman–Crippen LogP) is 1.83. The van der Waals surface area contributed by atoms with E-state index in [1.54, 1.807) is 0 Å². The molecule has 4 nitrogen and oxygen atoms in total. The van der Waals surface area contributed by atoms with Crippen LogP contribution >= 0.6 is 0 Å². The molecule has 0 unspecified atom stereocenters. The molecule has 0 radical (unpaired) electrons. The van der Waals surface area contributed by atoms with Gasteiger partial charge in [-0.25, -0.2) is 14.3 Å². The first-order chi connectivity index (χ1) is 8.39. The Hall–Kier alpha value is -2.31. The third-order valence-corrected chi connectivity index (χ3v) is 2.31. The standard InChI is InChI=1S/C11H8F3N3O/c12-11(13,14)7-2-1-3-8(6-7)17-9(15)4-5-16-10(17)18/h1-6H,15H2. The lowest BCUT2D eigenvalue weighted by Crippen LogP contribution is -2.23. The van der Waals surface area contributed by atoms with Crippen molar-refractivity contribution in [2.24, 2.45) is 0 Å². The second kappa shape index (κ2) is 4.17. The van der Waals surface area contributed by atoms with Crippen molar-refractivity contribution in [3.8, 4) is 5.69 Å². The number of hydrogen-bond donors (Lipinski definition) is 1. The highest BCUT2D eigenvalue weighted by atomic mass is 19.4. The normalized spacial score (nSPS) is 11.5. The average Bonchev–Trinajstić information content (AvgIpc) is 2.28. The SMILES string of the molecule is Nc1ccnc(=O)n1-c1cccc(C(F)(F)F)c1. The molecule has 0 fully saturated rings. The molecule has 94 valence electrons. The molecule has 2 N–H and O–H groups in total. The van der Waals surface area contributed by atoms with Gasteiger partial charge >= 0.3 is 11.9 Å². The van der Waals surface area contributed by atoms with Crippen molar-refractivity contribution in [1.29, 1.82) is 0 Å². The number of anilines is 1. The van der Waals surface area contributed by atoms with Crippen LogP contribution in [0.3, 0.4) is 0 Å². The summed E-state index contributed by atoms with van der Waals surface area (Å²) in [4.78, 5) is 14.9. The summed E-state index contributed by atoms with van der Waals surface area (Å²) < 4.78 is 38.6. The molecule has 0 saturated carbocycles. The maximum absolute atomic E-state index is 12.6. The fraction of sp³-hybridized carbons (Fsp3) is 0.0909. The molecule has 1 aromatic heterocycles. The zero-order valence-electron chi connectivity index (χ0n) is 8.98. The number of rotatable bonds is 1. The molecule has 7 heteroatoms. The lowest BCUT2D eigenvalue weighted by molar-refractivity contribution is -0.137. The summed E-state index contributed by atoms with van der Waals surface area (Å²) in [5, 5.41) is 0. The van der Waals surface area contributed by atoms with E-state index in [4.69, 9.17) is 5.73 Å². The van der Waals surface area contributed by atoms with Crippen LogP contribution in [0.15, 0.2) is 41.3 Å². The van der Waals surface area contributed by atoms with Crippen molar-refractivity contribution in [2.45, 2.75) is 6.18 Å². The molecule has 0 aliphatic carbocycles. The Bertz CT molecular complexity index is 634. The molecule has 18 heavy (non-hydrogen) atoms. The summed E-state index contributed by atoms with van der Waals surface area (Å²) in [7, 11) is 0. The molecule has 1 heterocycles. The second-order valence-electron chi connectivity index (χ2n) is 3.54. The highest BCUT2D eigenvalue weighted by Crippen LogP contribution is 2.30. The third-order valence-electron chi connectivity index (χ3n) is 2.31. The topological polar surface area (TPSA) is 60.9 Å². The minimum absolute atomic E-state index is 0.0225. The first kappa shape index (κ1) is 12.2. The number of hydrogen-bond acceptors (Lipinski definition) is 3. The van der Waals surface area contributed by atoms with Gasteiger partial charge in [0.2, 0.25) is 0 Å². The van der Waals surface area contributed by atoms with E-state index in [-0.39, 0.29) is 11.5 Å². The molecule has 0 atom stereocenters. The van der Waals surface area contributed by atoms with Gasteiger partial charge in [-0.05, 0) is 24.3 Å². The lowest BCUT2D eigenvalue weighted by atomic mass is 10.2. The second-order valence-corrected chi connectivity index (χ2v) is 3.54. The molecule has 0 saturated heterocycles. The summed E-state index contributed by atoms with van der Waals surface area (Å²) in [6.45, 7) is 0. The van der Waals surface area contributed by atoms with E-state index in [9.17, 15) is 18.0 Å². The van der Waals surface area contributed by atoms with Crippen LogP contribution < -0.4 is 11.4 Å². The van der Waals surface area contributed by atoms with Gasteiger partial charge < -0.3 is 5.73 Å². The van der Waals surface area contributed by atoms with Crippen LogP contribution in [-0.2, 0) is 6.18 Å². The zero-order valence-corrected chi connectivity index (χ0v) is 8.98. The summed E-state index contributed by atoms with van der Waals surface area (Å²) >= 11 is 0. The van der Waals surface area contributed by atoms with Gasteiger partial charge in [0, 0.05) is 6.20 Å². The van der Waals surface area contributed by atoms with E-state index >= 15 is 0 Å². The molecular formula is C11H8F3N3O. The van der Waals surface area contributed by atoms with Gasteiger partial charge in [0.25, 0.3) is 0 Å². The molecule has 2 aromatic rings. The summed E-state index contributed by atoms with van der Waals surface area (Å²) in [6.07, 6.45) is -3.28. The van der Waals surface area contributed by atoms with Crippen LogP contribution in [0.1, 0.15) is 5.56 Å². The van der Waals surface area contributed by atoms with E-state index in [0.717, 1.165) is 16.7 Å². The molecule has 2 rings (SSSR count). The Kier molecular flexibility index (Phi) is 2.82. The fourth-order valence-corrected chi connectivity index (χ4v) is 1.50. The highest BCUT2D eigenvalue weighted by Gasteiger charge is 2.30. The van der Waals surface area contributed by atoms with Crippen LogP contribution in [0, 0.1) is 0 Å². The largest absolute Gasteiger partial charge is 0.416 e. The van der Waals surface area contributed by atoms with Gasteiger partial charge in [-0.1, -0.05) is 6.07 Å². The molecule has 0 bridgehead atoms.